The van der Waals surface area contributed by atoms with Gasteiger partial charge in [0.2, 0.25) is 0 Å². The SMILES string of the molecule is Cc1ccc(CN2CCCC23CCN(C(=O)OC(C)(C)C)CC3)c(OCC(=O)N2CCCC2)c1. The minimum atomic E-state index is -0.469. The minimum Gasteiger partial charge on any atom is -0.483 e. The Balaban J connectivity index is 1.39. The van der Waals surface area contributed by atoms with Gasteiger partial charge in [-0.3, -0.25) is 9.69 Å². The van der Waals surface area contributed by atoms with Crippen molar-refractivity contribution < 1.29 is 19.1 Å². The summed E-state index contributed by atoms with van der Waals surface area (Å²) >= 11 is 0. The number of piperidine rings is 1. The predicted molar refractivity (Wildman–Crippen MR) is 132 cm³/mol. The number of ether oxygens (including phenoxy) is 2. The smallest absolute Gasteiger partial charge is 0.410 e. The van der Waals surface area contributed by atoms with E-state index >= 15 is 0 Å². The van der Waals surface area contributed by atoms with E-state index in [4.69, 9.17) is 9.47 Å². The summed E-state index contributed by atoms with van der Waals surface area (Å²) in [5.74, 6) is 0.901. The molecule has 3 fully saturated rings. The molecule has 0 atom stereocenters. The number of likely N-dealkylation sites (tertiary alicyclic amines) is 3. The van der Waals surface area contributed by atoms with Crippen LogP contribution in [0.1, 0.15) is 70.4 Å². The molecule has 0 radical (unpaired) electrons. The molecule has 0 saturated carbocycles. The Kier molecular flexibility index (Phi) is 7.41. The van der Waals surface area contributed by atoms with Crippen LogP contribution in [0, 0.1) is 6.92 Å². The number of aryl methyl sites for hydroxylation is 1. The third kappa shape index (κ3) is 5.85. The molecule has 0 aliphatic carbocycles. The van der Waals surface area contributed by atoms with E-state index in [1.54, 1.807) is 0 Å². The maximum atomic E-state index is 12.5. The Morgan fingerprint density at radius 1 is 0.941 bits per heavy atom. The molecule has 0 N–H and O–H groups in total. The second kappa shape index (κ2) is 10.1. The lowest BCUT2D eigenvalue weighted by atomic mass is 9.85. The van der Waals surface area contributed by atoms with Crippen molar-refractivity contribution in [1.82, 2.24) is 14.7 Å². The summed E-state index contributed by atoms with van der Waals surface area (Å²) in [7, 11) is 0. The molecule has 3 aliphatic rings. The summed E-state index contributed by atoms with van der Waals surface area (Å²) in [6.45, 7) is 12.9. The highest BCUT2D eigenvalue weighted by atomic mass is 16.6. The van der Waals surface area contributed by atoms with Crippen LogP contribution in [0.2, 0.25) is 0 Å². The summed E-state index contributed by atoms with van der Waals surface area (Å²) in [6.07, 6.45) is 6.22. The van der Waals surface area contributed by atoms with Crippen LogP contribution in [-0.4, -0.2) is 77.2 Å². The molecule has 7 heteroatoms. The first-order valence-corrected chi connectivity index (χ1v) is 12.9. The van der Waals surface area contributed by atoms with Crippen molar-refractivity contribution in [3.8, 4) is 5.75 Å². The highest BCUT2D eigenvalue weighted by molar-refractivity contribution is 5.78. The van der Waals surface area contributed by atoms with E-state index in [0.29, 0.717) is 0 Å². The van der Waals surface area contributed by atoms with Crippen molar-refractivity contribution in [1.29, 1.82) is 0 Å². The summed E-state index contributed by atoms with van der Waals surface area (Å²) in [5.41, 5.74) is 1.92. The van der Waals surface area contributed by atoms with Crippen LogP contribution in [0.15, 0.2) is 18.2 Å². The van der Waals surface area contributed by atoms with Crippen LogP contribution in [0.25, 0.3) is 0 Å². The normalized spacial score (nSPS) is 20.7. The van der Waals surface area contributed by atoms with Gasteiger partial charge in [0.05, 0.1) is 0 Å². The van der Waals surface area contributed by atoms with Crippen molar-refractivity contribution >= 4 is 12.0 Å². The zero-order chi connectivity index (χ0) is 24.3. The van der Waals surface area contributed by atoms with E-state index in [0.717, 1.165) is 88.2 Å². The van der Waals surface area contributed by atoms with Gasteiger partial charge in [-0.2, -0.15) is 0 Å². The summed E-state index contributed by atoms with van der Waals surface area (Å²) in [4.78, 5) is 31.4. The number of rotatable bonds is 5. The number of benzene rings is 1. The highest BCUT2D eigenvalue weighted by Gasteiger charge is 2.44. The second-order valence-electron chi connectivity index (χ2n) is 11.2. The predicted octanol–water partition coefficient (Wildman–Crippen LogP) is 4.36. The van der Waals surface area contributed by atoms with Crippen molar-refractivity contribution in [3.63, 3.8) is 0 Å². The van der Waals surface area contributed by atoms with Crippen LogP contribution in [0.5, 0.6) is 5.75 Å². The largest absolute Gasteiger partial charge is 0.483 e. The third-order valence-electron chi connectivity index (χ3n) is 7.48. The van der Waals surface area contributed by atoms with Gasteiger partial charge in [0.1, 0.15) is 11.4 Å². The first-order valence-electron chi connectivity index (χ1n) is 12.9. The Labute approximate surface area is 204 Å². The molecule has 7 nitrogen and oxygen atoms in total. The van der Waals surface area contributed by atoms with Crippen molar-refractivity contribution in [2.45, 2.75) is 83.9 Å². The molecule has 1 aromatic rings. The average molecular weight is 472 g/mol. The van der Waals surface area contributed by atoms with Crippen molar-refractivity contribution in [3.05, 3.63) is 29.3 Å². The fraction of sp³-hybridized carbons (Fsp3) is 0.704. The second-order valence-corrected chi connectivity index (χ2v) is 11.2. The van der Waals surface area contributed by atoms with Crippen LogP contribution in [0.4, 0.5) is 4.79 Å². The van der Waals surface area contributed by atoms with E-state index in [1.165, 1.54) is 6.42 Å². The molecule has 0 bridgehead atoms. The Morgan fingerprint density at radius 3 is 2.32 bits per heavy atom. The zero-order valence-corrected chi connectivity index (χ0v) is 21.4. The maximum Gasteiger partial charge on any atom is 0.410 e. The van der Waals surface area contributed by atoms with Crippen molar-refractivity contribution in [2.75, 3.05) is 39.3 Å². The minimum absolute atomic E-state index is 0.0807. The van der Waals surface area contributed by atoms with Crippen LogP contribution in [0.3, 0.4) is 0 Å². The van der Waals surface area contributed by atoms with E-state index in [9.17, 15) is 9.59 Å². The molecular formula is C27H41N3O4. The molecule has 3 aliphatic heterocycles. The first-order chi connectivity index (χ1) is 16.2. The molecule has 0 aromatic heterocycles. The number of amides is 2. The van der Waals surface area contributed by atoms with Gasteiger partial charge in [0.25, 0.3) is 5.91 Å². The van der Waals surface area contributed by atoms with E-state index in [-0.39, 0.29) is 24.1 Å². The fourth-order valence-corrected chi connectivity index (χ4v) is 5.57. The number of carbonyl (C=O) groups is 2. The monoisotopic (exact) mass is 471 g/mol. The molecule has 1 aromatic carbocycles. The fourth-order valence-electron chi connectivity index (χ4n) is 5.57. The average Bonchev–Trinajstić information content (AvgIpc) is 3.44. The number of carbonyl (C=O) groups excluding carboxylic acids is 2. The Morgan fingerprint density at radius 2 is 1.65 bits per heavy atom. The van der Waals surface area contributed by atoms with Gasteiger partial charge in [-0.15, -0.1) is 0 Å². The van der Waals surface area contributed by atoms with Gasteiger partial charge in [-0.05, 0) is 84.4 Å². The molecule has 0 unspecified atom stereocenters. The number of hydrogen-bond donors (Lipinski definition) is 0. The highest BCUT2D eigenvalue weighted by Crippen LogP contribution is 2.40. The third-order valence-corrected chi connectivity index (χ3v) is 7.48. The van der Waals surface area contributed by atoms with Gasteiger partial charge in [0, 0.05) is 43.8 Å². The molecule has 3 heterocycles. The Bertz CT molecular complexity index is 880. The molecule has 34 heavy (non-hydrogen) atoms. The number of hydrogen-bond acceptors (Lipinski definition) is 5. The standard InChI is InChI=1S/C27H41N3O4/c1-21-8-9-22(23(18-21)33-20-24(31)28-13-5-6-14-28)19-30-15-7-10-27(30)11-16-29(17-12-27)25(32)34-26(2,3)4/h8-9,18H,5-7,10-17,19-20H2,1-4H3. The van der Waals surface area contributed by atoms with Gasteiger partial charge in [-0.25, -0.2) is 4.79 Å². The molecule has 2 amide bonds. The van der Waals surface area contributed by atoms with Crippen LogP contribution in [-0.2, 0) is 16.1 Å². The molecule has 1 spiro atoms. The number of nitrogens with zero attached hydrogens (tertiary/aromatic N) is 3. The van der Waals surface area contributed by atoms with Crippen LogP contribution < -0.4 is 4.74 Å². The van der Waals surface area contributed by atoms with Crippen LogP contribution >= 0.6 is 0 Å². The van der Waals surface area contributed by atoms with E-state index in [1.807, 2.05) is 30.6 Å². The van der Waals surface area contributed by atoms with E-state index < -0.39 is 5.60 Å². The lowest BCUT2D eigenvalue weighted by Gasteiger charge is -2.45. The molecular weight excluding hydrogens is 430 g/mol. The quantitative estimate of drug-likeness (QED) is 0.639. The van der Waals surface area contributed by atoms with Gasteiger partial charge >= 0.3 is 6.09 Å². The zero-order valence-electron chi connectivity index (χ0n) is 21.4. The van der Waals surface area contributed by atoms with Gasteiger partial charge in [-0.1, -0.05) is 12.1 Å². The first kappa shape index (κ1) is 24.8. The van der Waals surface area contributed by atoms with E-state index in [2.05, 4.69) is 30.0 Å². The molecule has 3 saturated heterocycles. The Hall–Kier alpha value is -2.28. The lowest BCUT2D eigenvalue weighted by Crippen LogP contribution is -2.53. The maximum absolute atomic E-state index is 12.5. The van der Waals surface area contributed by atoms with Crippen molar-refractivity contribution in [2.24, 2.45) is 0 Å². The summed E-state index contributed by atoms with van der Waals surface area (Å²) in [5, 5.41) is 0. The van der Waals surface area contributed by atoms with Gasteiger partial charge < -0.3 is 19.3 Å². The summed E-state index contributed by atoms with van der Waals surface area (Å²) < 4.78 is 11.7. The molecule has 188 valence electrons. The topological polar surface area (TPSA) is 62.3 Å². The molecule has 4 rings (SSSR count). The van der Waals surface area contributed by atoms with Gasteiger partial charge in [0.15, 0.2) is 6.61 Å². The summed E-state index contributed by atoms with van der Waals surface area (Å²) in [6, 6.07) is 6.33. The lowest BCUT2D eigenvalue weighted by molar-refractivity contribution is -0.132.